The quantitative estimate of drug-likeness (QED) is 0.380. The summed E-state index contributed by atoms with van der Waals surface area (Å²) in [6, 6.07) is 9.42. The lowest BCUT2D eigenvalue weighted by atomic mass is 10.0. The summed E-state index contributed by atoms with van der Waals surface area (Å²) in [6.45, 7) is 1.76. The summed E-state index contributed by atoms with van der Waals surface area (Å²) in [7, 11) is 1.29. The normalized spacial score (nSPS) is 10.7. The van der Waals surface area contributed by atoms with Crippen molar-refractivity contribution in [3.63, 3.8) is 0 Å². The van der Waals surface area contributed by atoms with Crippen LogP contribution in [0.1, 0.15) is 27.9 Å². The third-order valence-electron chi connectivity index (χ3n) is 4.24. The minimum absolute atomic E-state index is 0.0823. The van der Waals surface area contributed by atoms with Crippen LogP contribution in [0.15, 0.2) is 51.7 Å². The van der Waals surface area contributed by atoms with E-state index in [1.54, 1.807) is 13.0 Å². The summed E-state index contributed by atoms with van der Waals surface area (Å²) in [5.74, 6) is -1.43. The maximum absolute atomic E-state index is 13.1. The fourth-order valence-corrected chi connectivity index (χ4v) is 2.76. The van der Waals surface area contributed by atoms with Crippen molar-refractivity contribution in [1.29, 1.82) is 0 Å². The lowest BCUT2D eigenvalue weighted by molar-refractivity contribution is -0.140. The van der Waals surface area contributed by atoms with E-state index in [0.29, 0.717) is 16.5 Å². The Morgan fingerprint density at radius 1 is 1.11 bits per heavy atom. The predicted molar refractivity (Wildman–Crippen MR) is 98.9 cm³/mol. The van der Waals surface area contributed by atoms with Crippen molar-refractivity contribution < 1.29 is 27.9 Å². The average molecular weight is 384 g/mol. The van der Waals surface area contributed by atoms with Gasteiger partial charge in [-0.1, -0.05) is 0 Å². The fraction of sp³-hybridized carbons (Fsp3) is 0.190. The SMILES string of the molecule is COC(=O)CCc1cc2c(C)cc(=O)oc2cc1OC(=O)c1ccc(F)cc1. The Morgan fingerprint density at radius 2 is 1.82 bits per heavy atom. The van der Waals surface area contributed by atoms with E-state index >= 15 is 0 Å². The Balaban J connectivity index is 2.01. The van der Waals surface area contributed by atoms with Crippen LogP contribution in [0.5, 0.6) is 5.75 Å². The van der Waals surface area contributed by atoms with E-state index in [9.17, 15) is 18.8 Å². The lowest BCUT2D eigenvalue weighted by Gasteiger charge is -2.12. The molecule has 0 atom stereocenters. The molecule has 0 radical (unpaired) electrons. The van der Waals surface area contributed by atoms with Gasteiger partial charge in [-0.05, 0) is 54.8 Å². The lowest BCUT2D eigenvalue weighted by Crippen LogP contribution is -2.11. The number of halogens is 1. The molecule has 3 aromatic rings. The van der Waals surface area contributed by atoms with Gasteiger partial charge in [0, 0.05) is 23.9 Å². The van der Waals surface area contributed by atoms with Crippen LogP contribution >= 0.6 is 0 Å². The Hall–Kier alpha value is -3.48. The summed E-state index contributed by atoms with van der Waals surface area (Å²) < 4.78 is 28.4. The molecule has 0 aliphatic heterocycles. The van der Waals surface area contributed by atoms with Gasteiger partial charge in [-0.3, -0.25) is 4.79 Å². The highest BCUT2D eigenvalue weighted by Crippen LogP contribution is 2.29. The molecule has 0 saturated carbocycles. The molecule has 1 aromatic heterocycles. The number of rotatable bonds is 5. The number of hydrogen-bond donors (Lipinski definition) is 0. The molecule has 3 rings (SSSR count). The third-order valence-corrected chi connectivity index (χ3v) is 4.24. The van der Waals surface area contributed by atoms with Gasteiger partial charge in [0.25, 0.3) is 0 Å². The van der Waals surface area contributed by atoms with Gasteiger partial charge in [0.05, 0.1) is 12.7 Å². The van der Waals surface area contributed by atoms with Crippen molar-refractivity contribution in [2.45, 2.75) is 19.8 Å². The number of aryl methyl sites for hydroxylation is 2. The number of benzene rings is 2. The van der Waals surface area contributed by atoms with E-state index in [0.717, 1.165) is 12.1 Å². The Morgan fingerprint density at radius 3 is 2.50 bits per heavy atom. The first-order valence-corrected chi connectivity index (χ1v) is 8.49. The second-order valence-electron chi connectivity index (χ2n) is 6.18. The smallest absolute Gasteiger partial charge is 0.343 e. The van der Waals surface area contributed by atoms with Crippen LogP contribution in [0, 0.1) is 12.7 Å². The van der Waals surface area contributed by atoms with Crippen molar-refractivity contribution in [1.82, 2.24) is 0 Å². The molecule has 0 fully saturated rings. The molecule has 144 valence electrons. The van der Waals surface area contributed by atoms with Gasteiger partial charge < -0.3 is 13.9 Å². The highest BCUT2D eigenvalue weighted by molar-refractivity contribution is 5.92. The number of fused-ring (bicyclic) bond motifs is 1. The van der Waals surface area contributed by atoms with Gasteiger partial charge in [0.1, 0.15) is 17.1 Å². The Bertz CT molecular complexity index is 1100. The number of ether oxygens (including phenoxy) is 2. The molecule has 0 aliphatic rings. The van der Waals surface area contributed by atoms with Crippen molar-refractivity contribution >= 4 is 22.9 Å². The zero-order valence-corrected chi connectivity index (χ0v) is 15.3. The molecule has 0 bridgehead atoms. The fourth-order valence-electron chi connectivity index (χ4n) is 2.76. The molecule has 7 heteroatoms. The molecule has 0 N–H and O–H groups in total. The standard InChI is InChI=1S/C21H17FO6/c1-12-9-20(24)27-18-11-17(14(10-16(12)18)5-8-19(23)26-2)28-21(25)13-3-6-15(22)7-4-13/h3-4,6-7,9-11H,5,8H2,1-2H3. The molecule has 1 heterocycles. The number of hydrogen-bond acceptors (Lipinski definition) is 6. The summed E-state index contributed by atoms with van der Waals surface area (Å²) in [6.07, 6.45) is 0.339. The largest absolute Gasteiger partial charge is 0.469 e. The maximum Gasteiger partial charge on any atom is 0.343 e. The van der Waals surface area contributed by atoms with E-state index in [-0.39, 0.29) is 29.7 Å². The number of esters is 2. The van der Waals surface area contributed by atoms with Crippen LogP contribution in [-0.2, 0) is 16.0 Å². The van der Waals surface area contributed by atoms with Crippen LogP contribution in [0.2, 0.25) is 0 Å². The van der Waals surface area contributed by atoms with Gasteiger partial charge in [-0.25, -0.2) is 14.0 Å². The molecule has 2 aromatic carbocycles. The van der Waals surface area contributed by atoms with Crippen LogP contribution in [0.3, 0.4) is 0 Å². The molecule has 0 spiro atoms. The Labute approximate surface area is 159 Å². The predicted octanol–water partition coefficient (Wildman–Crippen LogP) is 3.57. The first-order valence-electron chi connectivity index (χ1n) is 8.49. The van der Waals surface area contributed by atoms with Gasteiger partial charge in [0.15, 0.2) is 0 Å². The highest BCUT2D eigenvalue weighted by atomic mass is 19.1. The third kappa shape index (κ3) is 4.25. The minimum atomic E-state index is -0.700. The van der Waals surface area contributed by atoms with Crippen molar-refractivity contribution in [3.05, 3.63) is 75.4 Å². The minimum Gasteiger partial charge on any atom is -0.469 e. The topological polar surface area (TPSA) is 82.8 Å². The molecular weight excluding hydrogens is 367 g/mol. The first-order chi connectivity index (χ1) is 13.4. The van der Waals surface area contributed by atoms with E-state index in [2.05, 4.69) is 4.74 Å². The van der Waals surface area contributed by atoms with Crippen molar-refractivity contribution in [2.24, 2.45) is 0 Å². The second-order valence-corrected chi connectivity index (χ2v) is 6.18. The molecular formula is C21H17FO6. The average Bonchev–Trinajstić information content (AvgIpc) is 2.66. The van der Waals surface area contributed by atoms with Gasteiger partial charge in [-0.15, -0.1) is 0 Å². The van der Waals surface area contributed by atoms with E-state index in [1.807, 2.05) is 0 Å². The highest BCUT2D eigenvalue weighted by Gasteiger charge is 2.16. The van der Waals surface area contributed by atoms with Gasteiger partial charge in [-0.2, -0.15) is 0 Å². The maximum atomic E-state index is 13.1. The molecule has 28 heavy (non-hydrogen) atoms. The summed E-state index contributed by atoms with van der Waals surface area (Å²) in [4.78, 5) is 35.6. The van der Waals surface area contributed by atoms with Gasteiger partial charge in [0.2, 0.25) is 0 Å². The van der Waals surface area contributed by atoms with E-state index in [4.69, 9.17) is 9.15 Å². The first kappa shape index (κ1) is 19.3. The summed E-state index contributed by atoms with van der Waals surface area (Å²) in [5, 5.41) is 0.668. The van der Waals surface area contributed by atoms with Crippen molar-refractivity contribution in [3.8, 4) is 5.75 Å². The summed E-state index contributed by atoms with van der Waals surface area (Å²) >= 11 is 0. The Kier molecular flexibility index (Phi) is 5.54. The van der Waals surface area contributed by atoms with Gasteiger partial charge >= 0.3 is 17.6 Å². The molecule has 0 saturated heterocycles. The monoisotopic (exact) mass is 384 g/mol. The van der Waals surface area contributed by atoms with Crippen LogP contribution < -0.4 is 10.4 Å². The molecule has 0 aliphatic carbocycles. The zero-order valence-electron chi connectivity index (χ0n) is 15.3. The van der Waals surface area contributed by atoms with Crippen LogP contribution in [-0.4, -0.2) is 19.0 Å². The van der Waals surface area contributed by atoms with E-state index < -0.39 is 23.4 Å². The van der Waals surface area contributed by atoms with Crippen LogP contribution in [0.4, 0.5) is 4.39 Å². The molecule has 0 amide bonds. The van der Waals surface area contributed by atoms with Crippen LogP contribution in [0.25, 0.3) is 11.0 Å². The zero-order chi connectivity index (χ0) is 20.3. The second kappa shape index (κ2) is 8.04. The summed E-state index contributed by atoms with van der Waals surface area (Å²) in [5.41, 5.74) is 1.16. The number of carbonyl (C=O) groups excluding carboxylic acids is 2. The van der Waals surface area contributed by atoms with E-state index in [1.165, 1.54) is 31.4 Å². The number of carbonyl (C=O) groups is 2. The van der Waals surface area contributed by atoms with Crippen molar-refractivity contribution in [2.75, 3.05) is 7.11 Å². The molecule has 0 unspecified atom stereocenters. The number of methoxy groups -OCH3 is 1. The molecule has 6 nitrogen and oxygen atoms in total.